The van der Waals surface area contributed by atoms with Gasteiger partial charge in [0, 0.05) is 18.1 Å². The van der Waals surface area contributed by atoms with Gasteiger partial charge in [-0.15, -0.1) is 0 Å². The van der Waals surface area contributed by atoms with Crippen molar-refractivity contribution in [3.05, 3.63) is 0 Å². The molecule has 0 aromatic carbocycles. The highest BCUT2D eigenvalue weighted by Gasteiger charge is 2.34. The molecule has 1 unspecified atom stereocenters. The molecule has 19 heavy (non-hydrogen) atoms. The smallest absolute Gasteiger partial charge is 0.317 e. The molecule has 1 fully saturated rings. The lowest BCUT2D eigenvalue weighted by Crippen LogP contribution is -2.55. The third-order valence-corrected chi connectivity index (χ3v) is 4.07. The van der Waals surface area contributed by atoms with Crippen molar-refractivity contribution in [3.8, 4) is 0 Å². The Morgan fingerprint density at radius 1 is 1.32 bits per heavy atom. The molecule has 1 aliphatic carbocycles. The minimum absolute atomic E-state index is 0.177. The van der Waals surface area contributed by atoms with Crippen molar-refractivity contribution >= 4 is 5.97 Å². The molecule has 4 nitrogen and oxygen atoms in total. The standard InChI is InChI=1S/C15H30N2O2/c1-5-17(10-15(18)19)14-8-13(9-14)16-12(4)7-6-11(2)3/h11-14,16H,5-10H2,1-4H3,(H,18,19). The van der Waals surface area contributed by atoms with Gasteiger partial charge >= 0.3 is 5.97 Å². The number of hydrogen-bond donors (Lipinski definition) is 2. The van der Waals surface area contributed by atoms with Crippen LogP contribution in [0.5, 0.6) is 0 Å². The Kier molecular flexibility index (Phi) is 6.80. The van der Waals surface area contributed by atoms with Crippen molar-refractivity contribution in [1.82, 2.24) is 10.2 Å². The molecule has 1 atom stereocenters. The fourth-order valence-electron chi connectivity index (χ4n) is 2.76. The third-order valence-electron chi connectivity index (χ3n) is 4.07. The van der Waals surface area contributed by atoms with E-state index in [9.17, 15) is 4.79 Å². The van der Waals surface area contributed by atoms with Crippen LogP contribution in [-0.4, -0.2) is 47.2 Å². The maximum atomic E-state index is 10.8. The van der Waals surface area contributed by atoms with Crippen molar-refractivity contribution in [2.45, 2.75) is 71.5 Å². The van der Waals surface area contributed by atoms with Gasteiger partial charge in [0.05, 0.1) is 6.54 Å². The summed E-state index contributed by atoms with van der Waals surface area (Å²) in [5.41, 5.74) is 0. The molecular formula is C15H30N2O2. The highest BCUT2D eigenvalue weighted by molar-refractivity contribution is 5.69. The summed E-state index contributed by atoms with van der Waals surface area (Å²) in [7, 11) is 0. The molecule has 1 rings (SSSR count). The Morgan fingerprint density at radius 2 is 1.95 bits per heavy atom. The minimum Gasteiger partial charge on any atom is -0.480 e. The van der Waals surface area contributed by atoms with E-state index in [-0.39, 0.29) is 6.54 Å². The van der Waals surface area contributed by atoms with Gasteiger partial charge in [-0.2, -0.15) is 0 Å². The van der Waals surface area contributed by atoms with E-state index in [0.29, 0.717) is 18.1 Å². The molecule has 0 amide bonds. The first-order chi connectivity index (χ1) is 8.92. The normalized spacial score (nSPS) is 24.5. The van der Waals surface area contributed by atoms with E-state index in [1.165, 1.54) is 12.8 Å². The molecule has 0 aromatic rings. The van der Waals surface area contributed by atoms with Gasteiger partial charge in [-0.3, -0.25) is 9.69 Å². The van der Waals surface area contributed by atoms with Crippen molar-refractivity contribution in [3.63, 3.8) is 0 Å². The Morgan fingerprint density at radius 3 is 2.42 bits per heavy atom. The van der Waals surface area contributed by atoms with E-state index in [1.54, 1.807) is 0 Å². The zero-order valence-corrected chi connectivity index (χ0v) is 12.9. The summed E-state index contributed by atoms with van der Waals surface area (Å²) in [6, 6.07) is 1.61. The summed E-state index contributed by atoms with van der Waals surface area (Å²) >= 11 is 0. The zero-order chi connectivity index (χ0) is 14.4. The second-order valence-corrected chi connectivity index (χ2v) is 6.32. The number of hydrogen-bond acceptors (Lipinski definition) is 3. The molecular weight excluding hydrogens is 240 g/mol. The van der Waals surface area contributed by atoms with E-state index in [1.807, 2.05) is 6.92 Å². The number of nitrogens with one attached hydrogen (secondary N) is 1. The lowest BCUT2D eigenvalue weighted by Gasteiger charge is -2.43. The SMILES string of the molecule is CCN(CC(=O)O)C1CC(NC(C)CCC(C)C)C1. The van der Waals surface area contributed by atoms with E-state index in [2.05, 4.69) is 31.0 Å². The van der Waals surface area contributed by atoms with Crippen LogP contribution < -0.4 is 5.32 Å². The molecule has 1 saturated carbocycles. The van der Waals surface area contributed by atoms with Crippen LogP contribution in [0.3, 0.4) is 0 Å². The quantitative estimate of drug-likeness (QED) is 0.675. The maximum absolute atomic E-state index is 10.8. The monoisotopic (exact) mass is 270 g/mol. The first-order valence-corrected chi connectivity index (χ1v) is 7.64. The van der Waals surface area contributed by atoms with Gasteiger partial charge in [-0.25, -0.2) is 0 Å². The van der Waals surface area contributed by atoms with Crippen molar-refractivity contribution in [2.75, 3.05) is 13.1 Å². The Labute approximate surface area is 117 Å². The predicted molar refractivity (Wildman–Crippen MR) is 78.4 cm³/mol. The molecule has 0 radical (unpaired) electrons. The van der Waals surface area contributed by atoms with Crippen LogP contribution in [0.2, 0.25) is 0 Å². The van der Waals surface area contributed by atoms with E-state index >= 15 is 0 Å². The fourth-order valence-corrected chi connectivity index (χ4v) is 2.76. The van der Waals surface area contributed by atoms with Crippen LogP contribution >= 0.6 is 0 Å². The van der Waals surface area contributed by atoms with Crippen molar-refractivity contribution < 1.29 is 9.90 Å². The van der Waals surface area contributed by atoms with Gasteiger partial charge in [0.15, 0.2) is 0 Å². The van der Waals surface area contributed by atoms with Gasteiger partial charge in [0.2, 0.25) is 0 Å². The number of carbonyl (C=O) groups is 1. The van der Waals surface area contributed by atoms with Gasteiger partial charge in [0.1, 0.15) is 0 Å². The topological polar surface area (TPSA) is 52.6 Å². The number of aliphatic carboxylic acids is 1. The largest absolute Gasteiger partial charge is 0.480 e. The molecule has 4 heteroatoms. The van der Waals surface area contributed by atoms with Gasteiger partial charge in [0.25, 0.3) is 0 Å². The molecule has 0 spiro atoms. The number of rotatable bonds is 9. The van der Waals surface area contributed by atoms with Gasteiger partial charge in [-0.1, -0.05) is 20.8 Å². The third kappa shape index (κ3) is 5.91. The number of nitrogens with zero attached hydrogens (tertiary/aromatic N) is 1. The number of carboxylic acids is 1. The number of likely N-dealkylation sites (N-methyl/N-ethyl adjacent to an activating group) is 1. The molecule has 0 bridgehead atoms. The predicted octanol–water partition coefficient (Wildman–Crippen LogP) is 2.34. The second-order valence-electron chi connectivity index (χ2n) is 6.32. The lowest BCUT2D eigenvalue weighted by atomic mass is 9.84. The fraction of sp³-hybridized carbons (Fsp3) is 0.933. The van der Waals surface area contributed by atoms with Crippen molar-refractivity contribution in [1.29, 1.82) is 0 Å². The first kappa shape index (κ1) is 16.4. The van der Waals surface area contributed by atoms with Crippen LogP contribution in [0.15, 0.2) is 0 Å². The number of carboxylic acid groups (broad SMARTS) is 1. The van der Waals surface area contributed by atoms with E-state index in [4.69, 9.17) is 5.11 Å². The molecule has 0 aromatic heterocycles. The zero-order valence-electron chi connectivity index (χ0n) is 12.9. The summed E-state index contributed by atoms with van der Waals surface area (Å²) < 4.78 is 0. The average molecular weight is 270 g/mol. The summed E-state index contributed by atoms with van der Waals surface area (Å²) in [5, 5.41) is 12.5. The highest BCUT2D eigenvalue weighted by atomic mass is 16.4. The van der Waals surface area contributed by atoms with Crippen LogP contribution in [0.1, 0.15) is 53.4 Å². The van der Waals surface area contributed by atoms with Gasteiger partial charge in [-0.05, 0) is 45.1 Å². The summed E-state index contributed by atoms with van der Waals surface area (Å²) in [4.78, 5) is 12.8. The Balaban J connectivity index is 2.19. The molecule has 0 aliphatic heterocycles. The molecule has 0 heterocycles. The highest BCUT2D eigenvalue weighted by Crippen LogP contribution is 2.26. The van der Waals surface area contributed by atoms with E-state index < -0.39 is 5.97 Å². The minimum atomic E-state index is -0.719. The summed E-state index contributed by atoms with van der Waals surface area (Å²) in [6.07, 6.45) is 4.68. The Hall–Kier alpha value is -0.610. The molecule has 1 aliphatic rings. The van der Waals surface area contributed by atoms with Crippen LogP contribution in [0, 0.1) is 5.92 Å². The maximum Gasteiger partial charge on any atom is 0.317 e. The second kappa shape index (κ2) is 7.85. The van der Waals surface area contributed by atoms with Gasteiger partial charge < -0.3 is 10.4 Å². The molecule has 2 N–H and O–H groups in total. The first-order valence-electron chi connectivity index (χ1n) is 7.64. The lowest BCUT2D eigenvalue weighted by molar-refractivity contribution is -0.139. The summed E-state index contributed by atoms with van der Waals surface area (Å²) in [6.45, 7) is 9.82. The van der Waals surface area contributed by atoms with Crippen molar-refractivity contribution in [2.24, 2.45) is 5.92 Å². The molecule has 0 saturated heterocycles. The van der Waals surface area contributed by atoms with Crippen LogP contribution in [-0.2, 0) is 4.79 Å². The van der Waals surface area contributed by atoms with E-state index in [0.717, 1.165) is 25.3 Å². The average Bonchev–Trinajstić information content (AvgIpc) is 2.27. The molecule has 112 valence electrons. The summed E-state index contributed by atoms with van der Waals surface area (Å²) in [5.74, 6) is 0.0492. The van der Waals surface area contributed by atoms with Crippen LogP contribution in [0.25, 0.3) is 0 Å². The Bertz CT molecular complexity index is 275. The van der Waals surface area contributed by atoms with Crippen LogP contribution in [0.4, 0.5) is 0 Å².